The number of hydrogen-bond donors (Lipinski definition) is 5. The molecule has 244 valence electrons. The molecule has 0 amide bonds. The van der Waals surface area contributed by atoms with Gasteiger partial charge in [0.2, 0.25) is 5.95 Å². The number of imidazole rings is 1. The highest BCUT2D eigenvalue weighted by atomic mass is 32.5. The molecule has 0 aromatic carbocycles. The van der Waals surface area contributed by atoms with Crippen LogP contribution in [0.2, 0.25) is 0 Å². The lowest BCUT2D eigenvalue weighted by molar-refractivity contribution is -0.0414. The van der Waals surface area contributed by atoms with Gasteiger partial charge in [-0.15, -0.1) is 16.9 Å². The quantitative estimate of drug-likeness (QED) is 0.133. The number of alkyl halides is 1. The summed E-state index contributed by atoms with van der Waals surface area (Å²) in [6.07, 6.45) is -1.60. The number of nitrogen functional groups attached to an aromatic ring is 2. The van der Waals surface area contributed by atoms with Crippen LogP contribution < -0.4 is 17.0 Å². The molecule has 2 fully saturated rings. The van der Waals surface area contributed by atoms with Gasteiger partial charge in [0.25, 0.3) is 5.56 Å². The second kappa shape index (κ2) is 12.7. The molecular weight excluding hydrogens is 699 g/mol. The van der Waals surface area contributed by atoms with Crippen molar-refractivity contribution in [2.75, 3.05) is 31.8 Å². The fourth-order valence-corrected chi connectivity index (χ4v) is 8.66. The lowest BCUT2D eigenvalue weighted by Crippen LogP contribution is -2.22. The number of anilines is 2. The van der Waals surface area contributed by atoms with E-state index in [1.54, 1.807) is 4.57 Å². The second-order valence-electron chi connectivity index (χ2n) is 9.88. The van der Waals surface area contributed by atoms with Gasteiger partial charge in [0.15, 0.2) is 34.4 Å². The van der Waals surface area contributed by atoms with Gasteiger partial charge in [0, 0.05) is 18.8 Å². The number of nitrogens with zero attached hydrogens (tertiary/aromatic N) is 8. The molecule has 0 bridgehead atoms. The Labute approximate surface area is 266 Å². The molecule has 0 radical (unpaired) electrons. The summed E-state index contributed by atoms with van der Waals surface area (Å²) in [5.41, 5.74) is 11.6. The van der Waals surface area contributed by atoms with Gasteiger partial charge < -0.3 is 44.1 Å². The van der Waals surface area contributed by atoms with Crippen LogP contribution in [0.1, 0.15) is 24.4 Å². The molecule has 6 heterocycles. The fourth-order valence-electron chi connectivity index (χ4n) is 4.88. The van der Waals surface area contributed by atoms with E-state index in [-0.39, 0.29) is 65.4 Å². The molecule has 4 aromatic rings. The van der Waals surface area contributed by atoms with Gasteiger partial charge in [0.1, 0.15) is 17.9 Å². The average molecular weight is 726 g/mol. The molecule has 45 heavy (non-hydrogen) atoms. The van der Waals surface area contributed by atoms with Crippen molar-refractivity contribution in [3.8, 4) is 0 Å². The van der Waals surface area contributed by atoms with Crippen molar-refractivity contribution in [1.29, 1.82) is 0 Å². The normalized spacial score (nSPS) is 28.1. The summed E-state index contributed by atoms with van der Waals surface area (Å²) in [7, 11) is 1.24. The van der Waals surface area contributed by atoms with Crippen molar-refractivity contribution in [3.63, 3.8) is 0 Å². The summed E-state index contributed by atoms with van der Waals surface area (Å²) in [4.78, 5) is 52.1. The smallest absolute Gasteiger partial charge is 0.324 e. The molecule has 2 saturated heterocycles. The Balaban J connectivity index is 1.16. The van der Waals surface area contributed by atoms with Crippen molar-refractivity contribution < 1.29 is 37.0 Å². The van der Waals surface area contributed by atoms with E-state index in [2.05, 4.69) is 35.2 Å². The zero-order valence-electron chi connectivity index (χ0n) is 23.0. The summed E-state index contributed by atoms with van der Waals surface area (Å²) < 4.78 is 45.4. The molecule has 2 aliphatic heterocycles. The van der Waals surface area contributed by atoms with Gasteiger partial charge in [-0.3, -0.25) is 14.3 Å². The van der Waals surface area contributed by atoms with Gasteiger partial charge in [-0.2, -0.15) is 9.67 Å². The Bertz CT molecular complexity index is 1880. The summed E-state index contributed by atoms with van der Waals surface area (Å²) in [5, 5.41) is 6.83. The molecule has 7 N–H and O–H groups in total. The predicted octanol–water partition coefficient (Wildman–Crippen LogP) is 0.647. The van der Waals surface area contributed by atoms with Crippen molar-refractivity contribution in [3.05, 3.63) is 23.0 Å². The molecular formula is C20H26FN11O8P2S3. The van der Waals surface area contributed by atoms with Crippen LogP contribution in [0, 0.1) is 0 Å². The Morgan fingerprint density at radius 2 is 1.93 bits per heavy atom. The van der Waals surface area contributed by atoms with Crippen LogP contribution in [0.5, 0.6) is 0 Å². The number of halogens is 1. The van der Waals surface area contributed by atoms with Crippen LogP contribution in [-0.2, 0) is 46.4 Å². The maximum Gasteiger partial charge on any atom is 0.324 e. The number of H-pyrrole nitrogens is 1. The van der Waals surface area contributed by atoms with Crippen LogP contribution in [0.15, 0.2) is 17.4 Å². The number of aromatic nitrogens is 9. The SMILES string of the molecule is COP(O)(=S)OC[C@@H]1C[C@@H](OP(O)(=S)OC[C@@H]2C[C@H](F)[C@H](n3nnc4c(N)ncnc43)O2)[C@H](n2cnc3c(=O)[nH]c(N)nc32)S1. The number of thioether (sulfide) groups is 1. The Morgan fingerprint density at radius 3 is 2.71 bits per heavy atom. The third-order valence-electron chi connectivity index (χ3n) is 6.88. The van der Waals surface area contributed by atoms with Gasteiger partial charge in [-0.1, -0.05) is 5.21 Å². The first-order chi connectivity index (χ1) is 21.3. The molecule has 2 unspecified atom stereocenters. The largest absolute Gasteiger partial charge is 0.382 e. The number of rotatable bonds is 11. The van der Waals surface area contributed by atoms with E-state index < -0.39 is 49.0 Å². The highest BCUT2D eigenvalue weighted by Gasteiger charge is 2.43. The van der Waals surface area contributed by atoms with Crippen LogP contribution in [0.3, 0.4) is 0 Å². The zero-order valence-corrected chi connectivity index (χ0v) is 27.3. The summed E-state index contributed by atoms with van der Waals surface area (Å²) in [5.74, 6) is -0.0353. The predicted molar refractivity (Wildman–Crippen MR) is 165 cm³/mol. The van der Waals surface area contributed by atoms with Crippen LogP contribution >= 0.6 is 25.2 Å². The molecule has 0 spiro atoms. The fraction of sp³-hybridized carbons (Fsp3) is 0.550. The van der Waals surface area contributed by atoms with Crippen molar-refractivity contribution in [2.45, 2.75) is 48.1 Å². The Morgan fingerprint density at radius 1 is 1.16 bits per heavy atom. The third kappa shape index (κ3) is 6.90. The van der Waals surface area contributed by atoms with Crippen molar-refractivity contribution in [1.82, 2.24) is 44.5 Å². The van der Waals surface area contributed by atoms with E-state index in [4.69, 9.17) is 57.9 Å². The third-order valence-corrected chi connectivity index (χ3v) is 11.7. The average Bonchev–Trinajstić information content (AvgIpc) is 3.76. The minimum absolute atomic E-state index is 0.0245. The molecule has 19 nitrogen and oxygen atoms in total. The molecule has 4 aromatic heterocycles. The number of hydrogen-bond acceptors (Lipinski definition) is 17. The lowest BCUT2D eigenvalue weighted by atomic mass is 10.2. The summed E-state index contributed by atoms with van der Waals surface area (Å²) >= 11 is 11.6. The number of fused-ring (bicyclic) bond motifs is 2. The standard InChI is InChI=1S/C20H26FN11O8P2S3/c1-36-41(34,43)38-5-9-3-11(19(45-9)31-7-26-13-16(31)27-20(23)28-17(13)33)40-42(35,44)37-4-8-2-10(21)18(39-8)32-15-12(29-30-32)14(22)24-6-25-15/h6-11,18-19H,2-5H2,1H3,(H,34,43)(H,35,44)(H2,22,24,25)(H3,23,27,28,33)/t8-,9-,10-,11+,18+,19+,41?,42?/m0/s1. The maximum atomic E-state index is 15.0. The minimum atomic E-state index is -3.97. The van der Waals surface area contributed by atoms with Crippen LogP contribution in [0.25, 0.3) is 22.3 Å². The van der Waals surface area contributed by atoms with Crippen LogP contribution in [0.4, 0.5) is 16.2 Å². The first-order valence-electron chi connectivity index (χ1n) is 13.0. The molecule has 6 rings (SSSR count). The number of nitrogens with one attached hydrogen (secondary N) is 1. The highest BCUT2D eigenvalue weighted by molar-refractivity contribution is 8.07. The van der Waals surface area contributed by atoms with E-state index >= 15 is 4.39 Å². The Hall–Kier alpha value is -2.27. The number of aromatic amines is 1. The monoisotopic (exact) mass is 725 g/mol. The molecule has 2 aliphatic rings. The van der Waals surface area contributed by atoms with E-state index in [9.17, 15) is 14.6 Å². The lowest BCUT2D eigenvalue weighted by Gasteiger charge is -2.25. The second-order valence-corrected chi connectivity index (χ2v) is 17.0. The van der Waals surface area contributed by atoms with E-state index in [1.165, 1.54) is 36.2 Å². The molecule has 25 heteroatoms. The summed E-state index contributed by atoms with van der Waals surface area (Å²) in [6.45, 7) is -7.75. The minimum Gasteiger partial charge on any atom is -0.382 e. The first kappa shape index (κ1) is 32.7. The van der Waals surface area contributed by atoms with Gasteiger partial charge >= 0.3 is 13.4 Å². The maximum absolute atomic E-state index is 15.0. The van der Waals surface area contributed by atoms with Gasteiger partial charge in [0.05, 0.1) is 31.7 Å². The topological polar surface area (TPSA) is 259 Å². The van der Waals surface area contributed by atoms with Crippen LogP contribution in [-0.4, -0.2) is 98.2 Å². The molecule has 8 atom stereocenters. The zero-order chi connectivity index (χ0) is 32.1. The van der Waals surface area contributed by atoms with E-state index in [0.29, 0.717) is 0 Å². The molecule has 0 saturated carbocycles. The van der Waals surface area contributed by atoms with E-state index in [0.717, 1.165) is 0 Å². The van der Waals surface area contributed by atoms with Gasteiger partial charge in [-0.05, 0) is 30.0 Å². The Kier molecular flexibility index (Phi) is 9.24. The van der Waals surface area contributed by atoms with Crippen molar-refractivity contribution >= 4 is 82.9 Å². The van der Waals surface area contributed by atoms with Crippen molar-refractivity contribution in [2.24, 2.45) is 0 Å². The number of nitrogens with two attached hydrogens (primary N) is 2. The first-order valence-corrected chi connectivity index (χ1v) is 19.1. The van der Waals surface area contributed by atoms with E-state index in [1.807, 2.05) is 0 Å². The molecule has 0 aliphatic carbocycles. The summed E-state index contributed by atoms with van der Waals surface area (Å²) in [6, 6.07) is 0. The highest BCUT2D eigenvalue weighted by Crippen LogP contribution is 2.54. The van der Waals surface area contributed by atoms with Gasteiger partial charge in [-0.25, -0.2) is 19.3 Å². The number of ether oxygens (including phenoxy) is 1.